The smallest absolute Gasteiger partial charge is 0.217 e. The quantitative estimate of drug-likeness (QED) is 0.107. The summed E-state index contributed by atoms with van der Waals surface area (Å²) in [7, 11) is 0. The van der Waals surface area contributed by atoms with Crippen LogP contribution < -0.4 is 16.0 Å². The molecule has 63 heavy (non-hydrogen) atoms. The zero-order chi connectivity index (χ0) is 46.2. The first-order valence-electron chi connectivity index (χ1n) is 20.4. The Morgan fingerprint density at radius 3 is 1.52 bits per heavy atom. The van der Waals surface area contributed by atoms with Crippen molar-refractivity contribution in [3.05, 3.63) is 0 Å². The van der Waals surface area contributed by atoms with Crippen LogP contribution in [0.4, 0.5) is 0 Å². The summed E-state index contributed by atoms with van der Waals surface area (Å²) in [5, 5.41) is 129. The molecule has 0 aromatic carbocycles. The highest BCUT2D eigenvalue weighted by molar-refractivity contribution is 5.74. The number of ether oxygens (including phenoxy) is 10. The number of amides is 3. The summed E-state index contributed by atoms with van der Waals surface area (Å²) < 4.78 is 60.0. The largest absolute Gasteiger partial charge is 0.394 e. The van der Waals surface area contributed by atoms with Crippen LogP contribution in [0.5, 0.6) is 0 Å². The zero-order valence-corrected chi connectivity index (χ0v) is 34.5. The first-order valence-corrected chi connectivity index (χ1v) is 20.4. The van der Waals surface area contributed by atoms with Crippen molar-refractivity contribution < 1.29 is 118 Å². The van der Waals surface area contributed by atoms with Gasteiger partial charge in [0.15, 0.2) is 31.5 Å². The Morgan fingerprint density at radius 2 is 0.968 bits per heavy atom. The number of aliphatic hydroxyl groups excluding tert-OH is 11. The average molecular weight is 918 g/mol. The average Bonchev–Trinajstić information content (AvgIpc) is 3.23. The van der Waals surface area contributed by atoms with E-state index in [0.717, 1.165) is 20.8 Å². The summed E-state index contributed by atoms with van der Waals surface area (Å²) in [6, 6.07) is -4.77. The van der Waals surface area contributed by atoms with Crippen LogP contribution in [0, 0.1) is 0 Å². The molecular formula is C36H59N3O24. The number of aliphatic hydroxyl groups is 11. The van der Waals surface area contributed by atoms with E-state index in [4.69, 9.17) is 47.4 Å². The molecule has 3 amide bonds. The number of carbonyl (C=O) groups excluding carboxylic acids is 3. The standard InChI is InChI=1S/C36H59N3O24/c1-9-20(46)25(51)27(53)35(55-9)63-31-26(52)21(47)16-8-54-32-18(38-11(3)44)29(22(48)13(5-40)56-32)61-33-17(37-10(2)43)24(50)28(15(7-42)58-33)60-34-19(39-12(4)45)30(62-36(31)59-16)23(49)14(6-41)57-34/h9,13-36,40-42,46-53H,5-8H2,1-4H3,(H,37,43)(H,38,44)(H,39,45)/t9-,13+,14+,15+,16+,17+,18+,19+,20+,21-,22-,23-,24+,25+,26-,27-,28-,29+,30+,31+,32+,33+,34-,35-,36-/m0/s1. The van der Waals surface area contributed by atoms with E-state index in [9.17, 15) is 70.6 Å². The Bertz CT molecular complexity index is 1560. The monoisotopic (exact) mass is 917 g/mol. The highest BCUT2D eigenvalue weighted by atomic mass is 16.8. The van der Waals surface area contributed by atoms with Crippen LogP contribution in [0.1, 0.15) is 27.7 Å². The van der Waals surface area contributed by atoms with Crippen molar-refractivity contribution in [2.75, 3.05) is 26.4 Å². The molecule has 0 aromatic rings. The maximum atomic E-state index is 12.8. The molecule has 27 nitrogen and oxygen atoms in total. The summed E-state index contributed by atoms with van der Waals surface area (Å²) in [4.78, 5) is 38.0. The van der Waals surface area contributed by atoms with Crippen LogP contribution in [-0.4, -0.2) is 254 Å². The molecular weight excluding hydrogens is 858 g/mol. The van der Waals surface area contributed by atoms with Crippen molar-refractivity contribution in [1.82, 2.24) is 16.0 Å². The number of nitrogens with one attached hydrogen (secondary N) is 3. The first kappa shape index (κ1) is 50.0. The number of rotatable bonds is 8. The lowest BCUT2D eigenvalue weighted by Crippen LogP contribution is -2.72. The van der Waals surface area contributed by atoms with Gasteiger partial charge in [0.05, 0.1) is 32.5 Å². The van der Waals surface area contributed by atoms with E-state index in [0.29, 0.717) is 0 Å². The molecule has 0 aliphatic carbocycles. The molecule has 7 saturated heterocycles. The Kier molecular flexibility index (Phi) is 16.7. The fourth-order valence-corrected chi connectivity index (χ4v) is 8.47. The van der Waals surface area contributed by atoms with Crippen LogP contribution in [0.2, 0.25) is 0 Å². The third-order valence-electron chi connectivity index (χ3n) is 11.7. The van der Waals surface area contributed by atoms with Gasteiger partial charge in [0.1, 0.15) is 116 Å². The summed E-state index contributed by atoms with van der Waals surface area (Å²) >= 11 is 0. The fourth-order valence-electron chi connectivity index (χ4n) is 8.47. The normalized spacial score (nSPS) is 49.5. The van der Waals surface area contributed by atoms with E-state index in [1.807, 2.05) is 0 Å². The van der Waals surface area contributed by atoms with Crippen molar-refractivity contribution >= 4 is 17.7 Å². The van der Waals surface area contributed by atoms with Gasteiger partial charge in [-0.25, -0.2) is 0 Å². The molecule has 0 radical (unpaired) electrons. The van der Waals surface area contributed by atoms with Gasteiger partial charge < -0.3 is 119 Å². The summed E-state index contributed by atoms with van der Waals surface area (Å²) in [5.41, 5.74) is 0. The van der Waals surface area contributed by atoms with Crippen molar-refractivity contribution in [1.29, 1.82) is 0 Å². The lowest BCUT2D eigenvalue weighted by Gasteiger charge is -2.52. The van der Waals surface area contributed by atoms with Gasteiger partial charge in [0.25, 0.3) is 0 Å². The summed E-state index contributed by atoms with van der Waals surface area (Å²) in [5.74, 6) is -2.23. The molecule has 0 aromatic heterocycles. The molecule has 7 heterocycles. The molecule has 0 unspecified atom stereocenters. The highest BCUT2D eigenvalue weighted by Crippen LogP contribution is 2.37. The minimum Gasteiger partial charge on any atom is -0.394 e. The number of hydrogen-bond donors (Lipinski definition) is 14. The molecule has 362 valence electrons. The van der Waals surface area contributed by atoms with E-state index < -0.39 is 197 Å². The molecule has 27 heteroatoms. The molecule has 7 fully saturated rings. The van der Waals surface area contributed by atoms with Crippen molar-refractivity contribution in [2.45, 2.75) is 181 Å². The SMILES string of the molecule is CC(=O)N[C@H]1[C@H]2O[C@H]3[C@@H](O)[C@@H](CO)O[C@@H](OC[C@H]4O[C@@H](O[C@H]5[C@@H](O)[C@@H](CO)O[C@@H](O[C@H]([C@@H]1O)[C@@H](CO)O2)[C@@H]5NC(C)=O)[C@H](O[C@@H]1O[C@@H](C)[C@@H](O)[C@@H](O)[C@@H]1O)[C@@H](O)[C@H]4O)[C@@H]3NC(C)=O. The van der Waals surface area contributed by atoms with E-state index in [1.54, 1.807) is 0 Å². The molecule has 0 saturated carbocycles. The fraction of sp³-hybridized carbons (Fsp3) is 0.917. The predicted molar refractivity (Wildman–Crippen MR) is 197 cm³/mol. The summed E-state index contributed by atoms with van der Waals surface area (Å²) in [6.07, 6.45) is -38.8. The lowest BCUT2D eigenvalue weighted by molar-refractivity contribution is -0.391. The number of hydrogen-bond acceptors (Lipinski definition) is 24. The van der Waals surface area contributed by atoms with E-state index in [1.165, 1.54) is 6.92 Å². The minimum atomic E-state index is -2.07. The van der Waals surface area contributed by atoms with Gasteiger partial charge >= 0.3 is 0 Å². The van der Waals surface area contributed by atoms with Gasteiger partial charge in [-0.1, -0.05) is 0 Å². The van der Waals surface area contributed by atoms with Crippen LogP contribution in [0.3, 0.4) is 0 Å². The second-order valence-corrected chi connectivity index (χ2v) is 16.3. The van der Waals surface area contributed by atoms with Gasteiger partial charge in [0.2, 0.25) is 17.7 Å². The zero-order valence-electron chi connectivity index (χ0n) is 34.5. The lowest BCUT2D eigenvalue weighted by atomic mass is 9.93. The molecule has 7 rings (SSSR count). The Morgan fingerprint density at radius 1 is 0.492 bits per heavy atom. The Hall–Kier alpha value is -2.43. The first-order chi connectivity index (χ1) is 29.8. The van der Waals surface area contributed by atoms with Gasteiger partial charge in [0, 0.05) is 20.8 Å². The Balaban J connectivity index is 1.47. The molecule has 14 N–H and O–H groups in total. The second-order valence-electron chi connectivity index (χ2n) is 16.3. The third-order valence-corrected chi connectivity index (χ3v) is 11.7. The van der Waals surface area contributed by atoms with Crippen LogP contribution in [-0.2, 0) is 61.8 Å². The molecule has 25 atom stereocenters. The van der Waals surface area contributed by atoms with Crippen LogP contribution in [0.25, 0.3) is 0 Å². The Labute approximate surface area is 358 Å². The topological polar surface area (TPSA) is 402 Å². The summed E-state index contributed by atoms with van der Waals surface area (Å²) in [6.45, 7) is 1.12. The second kappa shape index (κ2) is 21.0. The predicted octanol–water partition coefficient (Wildman–Crippen LogP) is -9.42. The van der Waals surface area contributed by atoms with E-state index >= 15 is 0 Å². The van der Waals surface area contributed by atoms with Gasteiger partial charge in [-0.2, -0.15) is 0 Å². The number of fused-ring (bicyclic) bond motifs is 3. The minimum absolute atomic E-state index is 0.718. The van der Waals surface area contributed by atoms with Crippen LogP contribution >= 0.6 is 0 Å². The molecule has 0 spiro atoms. The molecule has 7 aliphatic rings. The van der Waals surface area contributed by atoms with Crippen molar-refractivity contribution in [3.63, 3.8) is 0 Å². The van der Waals surface area contributed by atoms with Gasteiger partial charge in [-0.05, 0) is 6.92 Å². The maximum Gasteiger partial charge on any atom is 0.217 e. The number of carbonyl (C=O) groups is 3. The third kappa shape index (κ3) is 10.6. The highest BCUT2D eigenvalue weighted by Gasteiger charge is 2.58. The molecule has 8 bridgehead atoms. The molecule has 7 aliphatic heterocycles. The van der Waals surface area contributed by atoms with Crippen LogP contribution in [0.15, 0.2) is 0 Å². The van der Waals surface area contributed by atoms with E-state index in [2.05, 4.69) is 16.0 Å². The van der Waals surface area contributed by atoms with Gasteiger partial charge in [-0.15, -0.1) is 0 Å². The van der Waals surface area contributed by atoms with Gasteiger partial charge in [-0.3, -0.25) is 14.4 Å². The van der Waals surface area contributed by atoms with Crippen molar-refractivity contribution in [2.24, 2.45) is 0 Å². The van der Waals surface area contributed by atoms with Crippen molar-refractivity contribution in [3.8, 4) is 0 Å². The maximum absolute atomic E-state index is 12.8. The van der Waals surface area contributed by atoms with E-state index in [-0.39, 0.29) is 0 Å².